The number of anilines is 2. The Morgan fingerprint density at radius 2 is 1.95 bits per heavy atom. The second-order valence-corrected chi connectivity index (χ2v) is 4.21. The van der Waals surface area contributed by atoms with E-state index in [1.54, 1.807) is 12.1 Å². The van der Waals surface area contributed by atoms with Crippen LogP contribution in [0.25, 0.3) is 0 Å². The van der Waals surface area contributed by atoms with Crippen LogP contribution in [0, 0.1) is 5.82 Å². The molecule has 19 heavy (non-hydrogen) atoms. The minimum absolute atomic E-state index is 0.231. The van der Waals surface area contributed by atoms with Gasteiger partial charge in [-0.3, -0.25) is 0 Å². The summed E-state index contributed by atoms with van der Waals surface area (Å²) in [5.41, 5.74) is 1.49. The van der Waals surface area contributed by atoms with Crippen LogP contribution in [0.3, 0.4) is 0 Å². The van der Waals surface area contributed by atoms with E-state index in [0.717, 1.165) is 11.5 Å². The molecule has 1 aromatic heterocycles. The van der Waals surface area contributed by atoms with Crippen LogP contribution in [0.5, 0.6) is 0 Å². The number of hydrogen-bond acceptors (Lipinski definition) is 3. The maximum absolute atomic E-state index is 13.9. The number of pyridine rings is 1. The van der Waals surface area contributed by atoms with Crippen molar-refractivity contribution < 1.29 is 4.39 Å². The molecule has 0 saturated carbocycles. The zero-order chi connectivity index (χ0) is 13.7. The number of aromatic nitrogens is 1. The third kappa shape index (κ3) is 3.09. The van der Waals surface area contributed by atoms with Crippen LogP contribution in [0.4, 0.5) is 15.9 Å². The Bertz CT molecular complexity index is 542. The average Bonchev–Trinajstić information content (AvgIpc) is 2.43. The number of para-hydroxylation sites is 1. The summed E-state index contributed by atoms with van der Waals surface area (Å²) in [6.07, 6.45) is 0. The first kappa shape index (κ1) is 13.5. The third-order valence-corrected chi connectivity index (χ3v) is 2.89. The average molecular weight is 259 g/mol. The Balaban J connectivity index is 2.37. The number of nitrogens with zero attached hydrogens (tertiary/aromatic N) is 2. The summed E-state index contributed by atoms with van der Waals surface area (Å²) in [5, 5.41) is 3.06. The lowest BCUT2D eigenvalue weighted by Crippen LogP contribution is -2.19. The molecule has 0 atom stereocenters. The lowest BCUT2D eigenvalue weighted by molar-refractivity contribution is 0.625. The van der Waals surface area contributed by atoms with Crippen LogP contribution in [0.1, 0.15) is 12.6 Å². The second kappa shape index (κ2) is 6.29. The van der Waals surface area contributed by atoms with Gasteiger partial charge in [0.25, 0.3) is 0 Å². The Morgan fingerprint density at radius 1 is 1.16 bits per heavy atom. The fraction of sp³-hybridized carbons (Fsp3) is 0.267. The molecular weight excluding hydrogens is 241 g/mol. The largest absolute Gasteiger partial charge is 0.324 e. The van der Waals surface area contributed by atoms with E-state index in [0.29, 0.717) is 18.8 Å². The van der Waals surface area contributed by atoms with Crippen molar-refractivity contribution in [2.75, 3.05) is 18.5 Å². The normalized spacial score (nSPS) is 10.5. The van der Waals surface area contributed by atoms with Crippen molar-refractivity contribution >= 4 is 11.5 Å². The van der Waals surface area contributed by atoms with Gasteiger partial charge in [-0.1, -0.05) is 18.2 Å². The van der Waals surface area contributed by atoms with Gasteiger partial charge in [0.15, 0.2) is 0 Å². The summed E-state index contributed by atoms with van der Waals surface area (Å²) >= 11 is 0. The molecule has 2 aromatic rings. The Morgan fingerprint density at radius 3 is 2.63 bits per heavy atom. The minimum atomic E-state index is -0.231. The van der Waals surface area contributed by atoms with Gasteiger partial charge < -0.3 is 10.2 Å². The molecule has 0 fully saturated rings. The van der Waals surface area contributed by atoms with Crippen LogP contribution in [0.15, 0.2) is 42.5 Å². The minimum Gasteiger partial charge on any atom is -0.324 e. The molecule has 0 aliphatic carbocycles. The van der Waals surface area contributed by atoms with Crippen molar-refractivity contribution in [3.8, 4) is 0 Å². The van der Waals surface area contributed by atoms with E-state index >= 15 is 0 Å². The van der Waals surface area contributed by atoms with Gasteiger partial charge in [-0.05, 0) is 38.2 Å². The number of rotatable bonds is 5. The number of benzene rings is 1. The van der Waals surface area contributed by atoms with Gasteiger partial charge in [0.1, 0.15) is 11.6 Å². The Labute approximate surface area is 113 Å². The van der Waals surface area contributed by atoms with Gasteiger partial charge in [0.2, 0.25) is 0 Å². The molecule has 1 aromatic carbocycles. The maximum Gasteiger partial charge on any atom is 0.146 e. The van der Waals surface area contributed by atoms with Crippen LogP contribution in [0.2, 0.25) is 0 Å². The quantitative estimate of drug-likeness (QED) is 0.894. The topological polar surface area (TPSA) is 28.2 Å². The Hall–Kier alpha value is -1.94. The van der Waals surface area contributed by atoms with E-state index in [9.17, 15) is 4.39 Å². The van der Waals surface area contributed by atoms with Gasteiger partial charge in [-0.15, -0.1) is 0 Å². The summed E-state index contributed by atoms with van der Waals surface area (Å²) in [6, 6.07) is 12.6. The highest BCUT2D eigenvalue weighted by Crippen LogP contribution is 2.25. The fourth-order valence-corrected chi connectivity index (χ4v) is 2.02. The third-order valence-electron chi connectivity index (χ3n) is 2.89. The molecule has 0 spiro atoms. The van der Waals surface area contributed by atoms with Gasteiger partial charge in [-0.25, -0.2) is 9.37 Å². The number of hydrogen-bond donors (Lipinski definition) is 1. The summed E-state index contributed by atoms with van der Waals surface area (Å²) in [5.74, 6) is 0.533. The monoisotopic (exact) mass is 259 g/mol. The molecule has 0 aliphatic rings. The fourth-order valence-electron chi connectivity index (χ4n) is 2.02. The predicted octanol–water partition coefficient (Wildman–Crippen LogP) is 3.10. The van der Waals surface area contributed by atoms with Crippen molar-refractivity contribution in [3.05, 3.63) is 54.0 Å². The molecule has 1 heterocycles. The van der Waals surface area contributed by atoms with Crippen molar-refractivity contribution in [3.63, 3.8) is 0 Å². The molecule has 0 unspecified atom stereocenters. The van der Waals surface area contributed by atoms with Crippen LogP contribution in [-0.2, 0) is 6.54 Å². The van der Waals surface area contributed by atoms with E-state index < -0.39 is 0 Å². The van der Waals surface area contributed by atoms with Crippen molar-refractivity contribution in [2.45, 2.75) is 13.5 Å². The molecule has 0 radical (unpaired) electrons. The van der Waals surface area contributed by atoms with Crippen LogP contribution in [-0.4, -0.2) is 18.6 Å². The summed E-state index contributed by atoms with van der Waals surface area (Å²) < 4.78 is 13.9. The van der Waals surface area contributed by atoms with Crippen molar-refractivity contribution in [1.29, 1.82) is 0 Å². The molecule has 0 saturated heterocycles. The SMILES string of the molecule is CCN(c1cccc(CNC)n1)c1ccccc1F. The molecule has 100 valence electrons. The summed E-state index contributed by atoms with van der Waals surface area (Å²) in [6.45, 7) is 3.35. The first-order valence-electron chi connectivity index (χ1n) is 6.39. The van der Waals surface area contributed by atoms with Gasteiger partial charge in [0.05, 0.1) is 11.4 Å². The van der Waals surface area contributed by atoms with E-state index in [1.807, 2.05) is 43.1 Å². The predicted molar refractivity (Wildman–Crippen MR) is 76.1 cm³/mol. The highest BCUT2D eigenvalue weighted by molar-refractivity contribution is 5.60. The highest BCUT2D eigenvalue weighted by atomic mass is 19.1. The molecule has 1 N–H and O–H groups in total. The van der Waals surface area contributed by atoms with E-state index in [4.69, 9.17) is 0 Å². The van der Waals surface area contributed by atoms with Gasteiger partial charge in [0, 0.05) is 13.1 Å². The maximum atomic E-state index is 13.9. The second-order valence-electron chi connectivity index (χ2n) is 4.21. The standard InChI is InChI=1S/C15H18FN3/c1-3-19(14-9-5-4-8-13(14)16)15-10-6-7-12(18-15)11-17-2/h4-10,17H,3,11H2,1-2H3. The molecule has 0 bridgehead atoms. The molecule has 4 heteroatoms. The lowest BCUT2D eigenvalue weighted by atomic mass is 10.2. The smallest absolute Gasteiger partial charge is 0.146 e. The zero-order valence-corrected chi connectivity index (χ0v) is 11.2. The first-order chi connectivity index (χ1) is 9.26. The molecule has 0 amide bonds. The van der Waals surface area contributed by atoms with Crippen molar-refractivity contribution in [2.24, 2.45) is 0 Å². The van der Waals surface area contributed by atoms with Gasteiger partial charge >= 0.3 is 0 Å². The number of nitrogens with one attached hydrogen (secondary N) is 1. The summed E-state index contributed by atoms with van der Waals surface area (Å²) in [7, 11) is 1.88. The zero-order valence-electron chi connectivity index (χ0n) is 11.2. The summed E-state index contributed by atoms with van der Waals surface area (Å²) in [4.78, 5) is 6.42. The molecular formula is C15H18FN3. The molecule has 0 aliphatic heterocycles. The van der Waals surface area contributed by atoms with E-state index in [1.165, 1.54) is 6.07 Å². The molecule has 3 nitrogen and oxygen atoms in total. The number of halogens is 1. The Kier molecular flexibility index (Phi) is 4.47. The van der Waals surface area contributed by atoms with Crippen LogP contribution < -0.4 is 10.2 Å². The molecule has 2 rings (SSSR count). The van der Waals surface area contributed by atoms with Crippen molar-refractivity contribution in [1.82, 2.24) is 10.3 Å². The first-order valence-corrected chi connectivity index (χ1v) is 6.39. The van der Waals surface area contributed by atoms with E-state index in [2.05, 4.69) is 10.3 Å². The van der Waals surface area contributed by atoms with Crippen LogP contribution >= 0.6 is 0 Å². The van der Waals surface area contributed by atoms with E-state index in [-0.39, 0.29) is 5.82 Å². The van der Waals surface area contributed by atoms with Gasteiger partial charge in [-0.2, -0.15) is 0 Å². The lowest BCUT2D eigenvalue weighted by Gasteiger charge is -2.23. The highest BCUT2D eigenvalue weighted by Gasteiger charge is 2.12.